The van der Waals surface area contributed by atoms with Gasteiger partial charge in [0.2, 0.25) is 5.91 Å². The molecule has 0 radical (unpaired) electrons. The number of nitrogens with one attached hydrogen (secondary N) is 1. The molecular weight excluding hydrogens is 234 g/mol. The first-order chi connectivity index (χ1) is 6.09. The van der Waals surface area contributed by atoms with Gasteiger partial charge in [-0.3, -0.25) is 4.79 Å². The second-order valence-corrected chi connectivity index (χ2v) is 5.02. The van der Waals surface area contributed by atoms with Crippen molar-refractivity contribution in [1.29, 1.82) is 0 Å². The first-order valence-corrected chi connectivity index (χ1v) is 5.63. The van der Waals surface area contributed by atoms with Gasteiger partial charge in [-0.25, -0.2) is 0 Å². The van der Waals surface area contributed by atoms with Crippen molar-refractivity contribution in [1.82, 2.24) is 5.32 Å². The van der Waals surface area contributed by atoms with Gasteiger partial charge in [0.25, 0.3) is 0 Å². The largest absolute Gasteiger partial charge is 0.393 e. The number of aliphatic hydroxyl groups excluding tert-OH is 1. The maximum atomic E-state index is 11.3. The molecule has 0 heterocycles. The normalized spacial score (nSPS) is 31.0. The number of hydrogen-bond donors (Lipinski definition) is 2. The molecule has 0 aromatic heterocycles. The van der Waals surface area contributed by atoms with Crippen LogP contribution in [0.15, 0.2) is 0 Å². The number of carbonyl (C=O) groups is 1. The van der Waals surface area contributed by atoms with Crippen LogP contribution in [0.5, 0.6) is 0 Å². The van der Waals surface area contributed by atoms with E-state index in [0.717, 1.165) is 19.3 Å². The van der Waals surface area contributed by atoms with Crippen molar-refractivity contribution in [3.63, 3.8) is 0 Å². The highest BCUT2D eigenvalue weighted by molar-refractivity contribution is 9.10. The zero-order valence-corrected chi connectivity index (χ0v) is 9.38. The third-order valence-corrected chi connectivity index (χ3v) is 2.77. The van der Waals surface area contributed by atoms with E-state index in [-0.39, 0.29) is 22.9 Å². The molecule has 1 aliphatic carbocycles. The fraction of sp³-hybridized carbons (Fsp3) is 0.889. The number of hydrogen-bond acceptors (Lipinski definition) is 2. The van der Waals surface area contributed by atoms with E-state index in [4.69, 9.17) is 0 Å². The van der Waals surface area contributed by atoms with Crippen LogP contribution in [0.4, 0.5) is 0 Å². The summed E-state index contributed by atoms with van der Waals surface area (Å²) in [6, 6.07) is 0.163. The highest BCUT2D eigenvalue weighted by Crippen LogP contribution is 2.18. The molecule has 1 saturated carbocycles. The van der Waals surface area contributed by atoms with Gasteiger partial charge in [0, 0.05) is 6.04 Å². The number of halogens is 1. The fourth-order valence-electron chi connectivity index (χ4n) is 1.61. The Balaban J connectivity index is 2.31. The van der Waals surface area contributed by atoms with Crippen LogP contribution in [0.25, 0.3) is 0 Å². The van der Waals surface area contributed by atoms with Crippen LogP contribution in [0, 0.1) is 0 Å². The van der Waals surface area contributed by atoms with Crippen LogP contribution >= 0.6 is 15.9 Å². The number of aliphatic hydroxyl groups is 1. The van der Waals surface area contributed by atoms with Gasteiger partial charge in [0.1, 0.15) is 0 Å². The van der Waals surface area contributed by atoms with Crippen LogP contribution in [0.3, 0.4) is 0 Å². The van der Waals surface area contributed by atoms with Gasteiger partial charge < -0.3 is 10.4 Å². The predicted molar refractivity (Wildman–Crippen MR) is 54.8 cm³/mol. The molecule has 0 spiro atoms. The number of rotatable bonds is 2. The number of amides is 1. The van der Waals surface area contributed by atoms with Crippen LogP contribution in [-0.2, 0) is 4.79 Å². The average molecular weight is 250 g/mol. The second kappa shape index (κ2) is 4.96. The minimum Gasteiger partial charge on any atom is -0.393 e. The molecule has 1 aliphatic rings. The molecule has 1 rings (SSSR count). The SMILES string of the molecule is CC(Br)C(=O)NC1CCCC(O)C1. The Morgan fingerprint density at radius 2 is 2.31 bits per heavy atom. The quantitative estimate of drug-likeness (QED) is 0.723. The van der Waals surface area contributed by atoms with Crippen LogP contribution in [-0.4, -0.2) is 28.0 Å². The lowest BCUT2D eigenvalue weighted by atomic mass is 9.93. The molecule has 13 heavy (non-hydrogen) atoms. The summed E-state index contributed by atoms with van der Waals surface area (Å²) in [5.41, 5.74) is 0. The van der Waals surface area contributed by atoms with Crippen molar-refractivity contribution in [2.45, 2.75) is 49.6 Å². The van der Waals surface area contributed by atoms with Crippen LogP contribution in [0.1, 0.15) is 32.6 Å². The first kappa shape index (κ1) is 11.0. The molecule has 0 saturated heterocycles. The standard InChI is InChI=1S/C9H16BrNO2/c1-6(10)9(13)11-7-3-2-4-8(12)5-7/h6-8,12H,2-5H2,1H3,(H,11,13). The van der Waals surface area contributed by atoms with Crippen LogP contribution < -0.4 is 5.32 Å². The molecule has 3 nitrogen and oxygen atoms in total. The molecule has 76 valence electrons. The summed E-state index contributed by atoms with van der Waals surface area (Å²) in [6.45, 7) is 1.80. The van der Waals surface area contributed by atoms with Gasteiger partial charge in [0.05, 0.1) is 10.9 Å². The van der Waals surface area contributed by atoms with Gasteiger partial charge in [0.15, 0.2) is 0 Å². The lowest BCUT2D eigenvalue weighted by molar-refractivity contribution is -0.121. The third-order valence-electron chi connectivity index (χ3n) is 2.35. The Labute approximate surface area is 87.0 Å². The van der Waals surface area contributed by atoms with E-state index in [1.165, 1.54) is 0 Å². The van der Waals surface area contributed by atoms with Crippen molar-refractivity contribution in [2.75, 3.05) is 0 Å². The van der Waals surface area contributed by atoms with E-state index in [9.17, 15) is 9.90 Å². The summed E-state index contributed by atoms with van der Waals surface area (Å²) in [7, 11) is 0. The van der Waals surface area contributed by atoms with Crippen molar-refractivity contribution in [3.8, 4) is 0 Å². The fourth-order valence-corrected chi connectivity index (χ4v) is 1.74. The van der Waals surface area contributed by atoms with Crippen molar-refractivity contribution < 1.29 is 9.90 Å². The minimum absolute atomic E-state index is 0.0131. The summed E-state index contributed by atoms with van der Waals surface area (Å²) in [6.07, 6.45) is 3.33. The second-order valence-electron chi connectivity index (χ2n) is 3.64. The summed E-state index contributed by atoms with van der Waals surface area (Å²) in [5.74, 6) is 0.0131. The van der Waals surface area contributed by atoms with E-state index < -0.39 is 0 Å². The Kier molecular flexibility index (Phi) is 4.19. The monoisotopic (exact) mass is 249 g/mol. The first-order valence-electron chi connectivity index (χ1n) is 4.72. The van der Waals surface area contributed by atoms with Gasteiger partial charge in [-0.05, 0) is 32.6 Å². The van der Waals surface area contributed by atoms with Crippen LogP contribution in [0.2, 0.25) is 0 Å². The summed E-state index contributed by atoms with van der Waals surface area (Å²) >= 11 is 3.21. The molecule has 4 heteroatoms. The Morgan fingerprint density at radius 3 is 2.85 bits per heavy atom. The molecule has 0 aromatic rings. The van der Waals surface area contributed by atoms with Gasteiger partial charge in [-0.2, -0.15) is 0 Å². The average Bonchev–Trinajstić information content (AvgIpc) is 2.04. The zero-order chi connectivity index (χ0) is 9.84. The molecule has 3 atom stereocenters. The zero-order valence-electron chi connectivity index (χ0n) is 7.79. The maximum Gasteiger partial charge on any atom is 0.233 e. The molecule has 0 aliphatic heterocycles. The van der Waals surface area contributed by atoms with Crippen molar-refractivity contribution in [2.24, 2.45) is 0 Å². The highest BCUT2D eigenvalue weighted by atomic mass is 79.9. The lowest BCUT2D eigenvalue weighted by Crippen LogP contribution is -2.42. The summed E-state index contributed by atoms with van der Waals surface area (Å²) in [4.78, 5) is 11.1. The Bertz CT molecular complexity index is 184. The van der Waals surface area contributed by atoms with E-state index >= 15 is 0 Å². The van der Waals surface area contributed by atoms with Gasteiger partial charge in [-0.15, -0.1) is 0 Å². The maximum absolute atomic E-state index is 11.3. The van der Waals surface area contributed by atoms with E-state index in [2.05, 4.69) is 21.2 Å². The highest BCUT2D eigenvalue weighted by Gasteiger charge is 2.22. The Hall–Kier alpha value is -0.0900. The van der Waals surface area contributed by atoms with Crippen molar-refractivity contribution >= 4 is 21.8 Å². The Morgan fingerprint density at radius 1 is 1.62 bits per heavy atom. The van der Waals surface area contributed by atoms with Crippen molar-refractivity contribution in [3.05, 3.63) is 0 Å². The smallest absolute Gasteiger partial charge is 0.233 e. The molecule has 0 aromatic carbocycles. The predicted octanol–water partition coefficient (Wildman–Crippen LogP) is 1.19. The number of carbonyl (C=O) groups excluding carboxylic acids is 1. The summed E-state index contributed by atoms with van der Waals surface area (Å²) < 4.78 is 0. The van der Waals surface area contributed by atoms with E-state index in [1.54, 1.807) is 6.92 Å². The molecule has 0 bridgehead atoms. The van der Waals surface area contributed by atoms with E-state index in [1.807, 2.05) is 0 Å². The summed E-state index contributed by atoms with van der Waals surface area (Å²) in [5, 5.41) is 12.3. The number of alkyl halides is 1. The topological polar surface area (TPSA) is 49.3 Å². The molecule has 1 amide bonds. The molecule has 1 fully saturated rings. The minimum atomic E-state index is -0.232. The molecular formula is C9H16BrNO2. The van der Waals surface area contributed by atoms with Gasteiger partial charge in [-0.1, -0.05) is 15.9 Å². The third kappa shape index (κ3) is 3.65. The molecule has 2 N–H and O–H groups in total. The molecule has 3 unspecified atom stereocenters. The lowest BCUT2D eigenvalue weighted by Gasteiger charge is -2.27. The van der Waals surface area contributed by atoms with E-state index in [0.29, 0.717) is 6.42 Å². The van der Waals surface area contributed by atoms with Gasteiger partial charge >= 0.3 is 0 Å².